The van der Waals surface area contributed by atoms with Crippen LogP contribution in [-0.4, -0.2) is 45.4 Å². The summed E-state index contributed by atoms with van der Waals surface area (Å²) in [5.74, 6) is 0.398. The van der Waals surface area contributed by atoms with E-state index in [-0.39, 0.29) is 33.9 Å². The van der Waals surface area contributed by atoms with Crippen LogP contribution in [0.15, 0.2) is 83.1 Å². The topological polar surface area (TPSA) is 73.0 Å². The number of benzene rings is 2. The van der Waals surface area contributed by atoms with E-state index in [9.17, 15) is 12.8 Å². The maximum Gasteiger partial charge on any atom is 0.246 e. The van der Waals surface area contributed by atoms with E-state index in [1.54, 1.807) is 29.7 Å². The number of aromatic nitrogens is 4. The van der Waals surface area contributed by atoms with E-state index >= 15 is 0 Å². The zero-order chi connectivity index (χ0) is 27.1. The van der Waals surface area contributed by atoms with Crippen molar-refractivity contribution >= 4 is 32.5 Å². The highest BCUT2D eigenvalue weighted by atomic mass is 35.5. The van der Waals surface area contributed by atoms with Gasteiger partial charge in [0.2, 0.25) is 10.0 Å². The van der Waals surface area contributed by atoms with Gasteiger partial charge in [-0.25, -0.2) is 17.5 Å². The van der Waals surface area contributed by atoms with Gasteiger partial charge >= 0.3 is 0 Å². The first kappa shape index (κ1) is 24.7. The number of hydrogen-bond acceptors (Lipinski definition) is 4. The van der Waals surface area contributed by atoms with Crippen LogP contribution in [0.5, 0.6) is 0 Å². The second-order valence-electron chi connectivity index (χ2n) is 10.9. The molecule has 10 heteroatoms. The zero-order valence-corrected chi connectivity index (χ0v) is 23.1. The third kappa shape index (κ3) is 3.74. The predicted octanol–water partition coefficient (Wildman–Crippen LogP) is 5.09. The maximum atomic E-state index is 13.6. The van der Waals surface area contributed by atoms with Crippen molar-refractivity contribution in [3.63, 3.8) is 0 Å². The molecule has 39 heavy (non-hydrogen) atoms. The summed E-state index contributed by atoms with van der Waals surface area (Å²) in [7, 11) is -1.96. The summed E-state index contributed by atoms with van der Waals surface area (Å²) >= 11 is 6.45. The standard InChI is InChI=1S/C29H27ClFN5O2S/c1-18-10-27-20(13-33-36(27)23-8-6-22(31)7-9-23)12-25(18)29-17-35(39(37,38)24-14-32-34(2)15-24)16-26(29)28(29)19-4-3-5-21(30)11-19/h3-10,12-15,19,26,28H,11,16-17H2,1-2H3/t19?,26-,28+,29+/m0/s1. The molecule has 0 radical (unpaired) electrons. The third-order valence-corrected chi connectivity index (χ3v) is 10.8. The van der Waals surface area contributed by atoms with E-state index in [2.05, 4.69) is 35.3 Å². The number of sulfonamides is 1. The van der Waals surface area contributed by atoms with Crippen LogP contribution in [0.1, 0.15) is 17.5 Å². The summed E-state index contributed by atoms with van der Waals surface area (Å²) in [5.41, 5.74) is 3.62. The van der Waals surface area contributed by atoms with Crippen LogP contribution in [0.2, 0.25) is 0 Å². The summed E-state index contributed by atoms with van der Waals surface area (Å²) in [6, 6.07) is 10.6. The van der Waals surface area contributed by atoms with Gasteiger partial charge in [0, 0.05) is 42.2 Å². The van der Waals surface area contributed by atoms with E-state index in [1.807, 2.05) is 23.0 Å². The highest BCUT2D eigenvalue weighted by Crippen LogP contribution is 2.69. The van der Waals surface area contributed by atoms with E-state index in [4.69, 9.17) is 11.6 Å². The lowest BCUT2D eigenvalue weighted by atomic mass is 9.83. The van der Waals surface area contributed by atoms with Crippen molar-refractivity contribution in [2.75, 3.05) is 13.1 Å². The lowest BCUT2D eigenvalue weighted by Gasteiger charge is -2.28. The zero-order valence-electron chi connectivity index (χ0n) is 21.5. The van der Waals surface area contributed by atoms with Crippen molar-refractivity contribution in [1.29, 1.82) is 0 Å². The molecule has 2 aliphatic carbocycles. The van der Waals surface area contributed by atoms with Crippen LogP contribution in [0.4, 0.5) is 4.39 Å². The molecular weight excluding hydrogens is 537 g/mol. The minimum atomic E-state index is -3.67. The van der Waals surface area contributed by atoms with Crippen LogP contribution in [-0.2, 0) is 22.5 Å². The number of hydrogen-bond donors (Lipinski definition) is 0. The first-order valence-corrected chi connectivity index (χ1v) is 14.8. The predicted molar refractivity (Wildman–Crippen MR) is 148 cm³/mol. The van der Waals surface area contributed by atoms with E-state index in [0.29, 0.717) is 13.1 Å². The molecule has 7 rings (SSSR count). The van der Waals surface area contributed by atoms with Gasteiger partial charge in [0.15, 0.2) is 0 Å². The molecule has 1 unspecified atom stereocenters. The molecule has 1 aliphatic heterocycles. The molecule has 200 valence electrons. The fourth-order valence-corrected chi connectivity index (χ4v) is 8.77. The Morgan fingerprint density at radius 2 is 1.92 bits per heavy atom. The fourth-order valence-electron chi connectivity index (χ4n) is 7.01. The average molecular weight is 564 g/mol. The van der Waals surface area contributed by atoms with Crippen LogP contribution >= 0.6 is 11.6 Å². The first-order valence-electron chi connectivity index (χ1n) is 12.9. The van der Waals surface area contributed by atoms with Crippen molar-refractivity contribution in [1.82, 2.24) is 23.9 Å². The fraction of sp³-hybridized carbons (Fsp3) is 0.310. The van der Waals surface area contributed by atoms with Gasteiger partial charge < -0.3 is 0 Å². The normalized spacial score (nSPS) is 26.7. The lowest BCUT2D eigenvalue weighted by Crippen LogP contribution is -2.36. The molecule has 2 aromatic carbocycles. The quantitative estimate of drug-likeness (QED) is 0.339. The summed E-state index contributed by atoms with van der Waals surface area (Å²) in [6.45, 7) is 2.95. The Balaban J connectivity index is 1.31. The van der Waals surface area contributed by atoms with E-state index < -0.39 is 10.0 Å². The molecule has 0 N–H and O–H groups in total. The van der Waals surface area contributed by atoms with Crippen LogP contribution in [0, 0.1) is 30.5 Å². The molecule has 7 nitrogen and oxygen atoms in total. The highest BCUT2D eigenvalue weighted by molar-refractivity contribution is 7.89. The molecule has 3 heterocycles. The number of fused-ring (bicyclic) bond motifs is 2. The van der Waals surface area contributed by atoms with Crippen molar-refractivity contribution < 1.29 is 12.8 Å². The summed E-state index contributed by atoms with van der Waals surface area (Å²) in [4.78, 5) is 0.217. The van der Waals surface area contributed by atoms with Gasteiger partial charge in [0.25, 0.3) is 0 Å². The molecule has 0 bridgehead atoms. The number of allylic oxidation sites excluding steroid dienone is 4. The Hall–Kier alpha value is -3.27. The number of aryl methyl sites for hydroxylation is 2. The molecule has 1 saturated carbocycles. The summed E-state index contributed by atoms with van der Waals surface area (Å²) < 4.78 is 45.7. The van der Waals surface area contributed by atoms with Gasteiger partial charge in [-0.05, 0) is 84.7 Å². The van der Waals surface area contributed by atoms with Gasteiger partial charge in [-0.15, -0.1) is 0 Å². The van der Waals surface area contributed by atoms with Gasteiger partial charge in [0.1, 0.15) is 10.7 Å². The Morgan fingerprint density at radius 3 is 2.64 bits per heavy atom. The van der Waals surface area contributed by atoms with E-state index in [0.717, 1.165) is 39.2 Å². The monoisotopic (exact) mass is 563 g/mol. The Labute approximate surface area is 231 Å². The number of piperidine rings is 1. The number of rotatable bonds is 5. The Morgan fingerprint density at radius 1 is 1.13 bits per heavy atom. The molecule has 4 atom stereocenters. The SMILES string of the molecule is Cc1cc2c(cnn2-c2ccc(F)cc2)cc1[C@]12CN(S(=O)(=O)c3cnn(C)c3)C[C@H]1[C@H]2C1C=CC=C(Cl)C1. The summed E-state index contributed by atoms with van der Waals surface area (Å²) in [6.07, 6.45) is 11.7. The second kappa shape index (κ2) is 8.61. The van der Waals surface area contributed by atoms with Crippen LogP contribution < -0.4 is 0 Å². The second-order valence-corrected chi connectivity index (χ2v) is 13.4. The van der Waals surface area contributed by atoms with Crippen LogP contribution in [0.25, 0.3) is 16.6 Å². The third-order valence-electron chi connectivity index (χ3n) is 8.75. The lowest BCUT2D eigenvalue weighted by molar-refractivity contribution is 0.360. The molecule has 2 aromatic heterocycles. The molecule has 1 saturated heterocycles. The van der Waals surface area contributed by atoms with Gasteiger partial charge in [-0.2, -0.15) is 14.5 Å². The number of nitrogens with zero attached hydrogens (tertiary/aromatic N) is 5. The highest BCUT2D eigenvalue weighted by Gasteiger charge is 2.72. The van der Waals surface area contributed by atoms with Gasteiger partial charge in [0.05, 0.1) is 23.6 Å². The molecule has 0 amide bonds. The molecule has 2 fully saturated rings. The summed E-state index contributed by atoms with van der Waals surface area (Å²) in [5, 5.41) is 10.5. The van der Waals surface area contributed by atoms with Gasteiger partial charge in [-0.1, -0.05) is 23.8 Å². The largest absolute Gasteiger partial charge is 0.274 e. The van der Waals surface area contributed by atoms with E-state index in [1.165, 1.54) is 23.0 Å². The molecule has 4 aromatic rings. The minimum Gasteiger partial charge on any atom is -0.274 e. The molecule has 0 spiro atoms. The van der Waals surface area contributed by atoms with Crippen molar-refractivity contribution in [3.05, 3.63) is 95.2 Å². The average Bonchev–Trinajstić information content (AvgIpc) is 3.33. The smallest absolute Gasteiger partial charge is 0.246 e. The van der Waals surface area contributed by atoms with Crippen LogP contribution in [0.3, 0.4) is 0 Å². The molecular formula is C29H27ClFN5O2S. The van der Waals surface area contributed by atoms with Crippen molar-refractivity contribution in [2.24, 2.45) is 24.8 Å². The number of halogens is 2. The van der Waals surface area contributed by atoms with Gasteiger partial charge in [-0.3, -0.25) is 4.68 Å². The maximum absolute atomic E-state index is 13.6. The Kier molecular flexibility index (Phi) is 5.47. The molecule has 3 aliphatic rings. The minimum absolute atomic E-state index is 0.171. The van der Waals surface area contributed by atoms with Crippen molar-refractivity contribution in [2.45, 2.75) is 23.7 Å². The van der Waals surface area contributed by atoms with Crippen molar-refractivity contribution in [3.8, 4) is 5.69 Å². The Bertz CT molecular complexity index is 1790. The first-order chi connectivity index (χ1) is 18.7.